The van der Waals surface area contributed by atoms with Gasteiger partial charge in [0.2, 0.25) is 26.1 Å². The third kappa shape index (κ3) is 23.8. The van der Waals surface area contributed by atoms with E-state index in [2.05, 4.69) is 22.6 Å². The molecule has 0 amide bonds. The minimum atomic E-state index is -0.181. The van der Waals surface area contributed by atoms with Crippen LogP contribution in [0.5, 0.6) is 0 Å². The van der Waals surface area contributed by atoms with Gasteiger partial charge in [-0.25, -0.2) is 0 Å². The summed E-state index contributed by atoms with van der Waals surface area (Å²) in [6.07, 6.45) is 3.19. The van der Waals surface area contributed by atoms with Crippen molar-refractivity contribution in [1.82, 2.24) is 0 Å². The predicted octanol–water partition coefficient (Wildman–Crippen LogP) is 1.29. The van der Waals surface area contributed by atoms with Crippen LogP contribution in [-0.2, 0) is 26.5 Å². The van der Waals surface area contributed by atoms with Gasteiger partial charge in [-0.3, -0.25) is 9.59 Å². The third-order valence-electron chi connectivity index (χ3n) is 1.55. The van der Waals surface area contributed by atoms with Crippen LogP contribution < -0.4 is 0 Å². The maximum atomic E-state index is 8.82. The van der Waals surface area contributed by atoms with Gasteiger partial charge >= 0.3 is 23.5 Å². The molecule has 0 fully saturated rings. The Kier molecular flexibility index (Phi) is 18.9. The van der Waals surface area contributed by atoms with Crippen LogP contribution in [0.15, 0.2) is 25.3 Å². The maximum Gasteiger partial charge on any atom is 0.496 e. The van der Waals surface area contributed by atoms with Crippen LogP contribution in [0, 0.1) is 0 Å². The number of hydrogen-bond donors (Lipinski definition) is 0. The standard InChI is InChI=1S/2C7H10O3.Cu/c2*1-3-4-10-7(9)5-6(2)8;/h2*3H,1,4-5H2,2H3;/p+4. The number of ether oxygens (including phenoxy) is 2. The summed E-state index contributed by atoms with van der Waals surface area (Å²) in [6, 6.07) is 0. The Morgan fingerprint density at radius 2 is 1.10 bits per heavy atom. The van der Waals surface area contributed by atoms with Crippen molar-refractivity contribution < 1.29 is 45.7 Å². The van der Waals surface area contributed by atoms with Crippen molar-refractivity contribution in [2.45, 2.75) is 26.7 Å². The first-order valence-corrected chi connectivity index (χ1v) is 5.93. The van der Waals surface area contributed by atoms with Gasteiger partial charge < -0.3 is 19.1 Å². The Morgan fingerprint density at radius 3 is 1.29 bits per heavy atom. The fourth-order valence-corrected chi connectivity index (χ4v) is 0.850. The largest absolute Gasteiger partial charge is 0.496 e. The van der Waals surface area contributed by atoms with Gasteiger partial charge in [0.15, 0.2) is 0 Å². The molecule has 0 unspecified atom stereocenters. The third-order valence-corrected chi connectivity index (χ3v) is 1.55. The van der Waals surface area contributed by atoms with Gasteiger partial charge in [0.25, 0.3) is 0 Å². The van der Waals surface area contributed by atoms with Crippen molar-refractivity contribution in [2.24, 2.45) is 0 Å². The summed E-state index contributed by atoms with van der Waals surface area (Å²) < 4.78 is 9.35. The van der Waals surface area contributed by atoms with Gasteiger partial charge in [0, 0.05) is 30.9 Å². The van der Waals surface area contributed by atoms with E-state index in [0.717, 1.165) is 0 Å². The van der Waals surface area contributed by atoms with E-state index in [1.165, 1.54) is 26.0 Å². The average Bonchev–Trinajstić information content (AvgIpc) is 2.33. The Hall–Kier alpha value is -1.72. The van der Waals surface area contributed by atoms with E-state index in [1.54, 1.807) is 0 Å². The molecular weight excluding hydrogens is 328 g/mol. The van der Waals surface area contributed by atoms with E-state index in [-0.39, 0.29) is 66.6 Å². The molecule has 0 aliphatic rings. The van der Waals surface area contributed by atoms with Gasteiger partial charge in [-0.05, 0) is 12.2 Å². The fourth-order valence-electron chi connectivity index (χ4n) is 0.850. The summed E-state index contributed by atoms with van der Waals surface area (Å²) in [5.41, 5.74) is 0. The van der Waals surface area contributed by atoms with E-state index >= 15 is 0 Å². The first kappa shape index (κ1) is 24.3. The summed E-state index contributed by atoms with van der Waals surface area (Å²) in [5, 5.41) is 0. The zero-order valence-electron chi connectivity index (χ0n) is 12.3. The molecule has 1 radical (unpaired) electrons. The molecule has 0 aliphatic carbocycles. The predicted molar refractivity (Wildman–Crippen MR) is 80.7 cm³/mol. The molecule has 0 heterocycles. The minimum Gasteiger partial charge on any atom is -0.338 e. The van der Waals surface area contributed by atoms with Crippen LogP contribution in [0.25, 0.3) is 0 Å². The van der Waals surface area contributed by atoms with Crippen molar-refractivity contribution in [3.05, 3.63) is 25.3 Å². The Balaban J connectivity index is -0.000000295. The van der Waals surface area contributed by atoms with Crippen LogP contribution in [-0.4, -0.2) is 55.9 Å². The molecular formula is C14H24CuO6+4. The fraction of sp³-hybridized carbons (Fsp3) is 0.429. The van der Waals surface area contributed by atoms with Crippen molar-refractivity contribution in [2.75, 3.05) is 13.2 Å². The van der Waals surface area contributed by atoms with Crippen LogP contribution in [0.4, 0.5) is 0 Å². The molecule has 4 N–H and O–H groups in total. The Morgan fingerprint density at radius 1 is 0.810 bits per heavy atom. The first-order chi connectivity index (χ1) is 9.33. The average molecular weight is 352 g/mol. The number of carbonyl (C=O) groups excluding carboxylic acids is 4. The van der Waals surface area contributed by atoms with Crippen LogP contribution in [0.3, 0.4) is 0 Å². The molecule has 0 aromatic carbocycles. The second-order valence-corrected chi connectivity index (χ2v) is 3.81. The molecule has 6 nitrogen and oxygen atoms in total. The van der Waals surface area contributed by atoms with E-state index in [4.69, 9.17) is 19.2 Å². The second-order valence-electron chi connectivity index (χ2n) is 3.81. The second kappa shape index (κ2) is 16.3. The molecule has 0 aliphatic heterocycles. The molecule has 0 saturated carbocycles. The van der Waals surface area contributed by atoms with E-state index in [1.807, 2.05) is 0 Å². The number of hydrogen-bond acceptors (Lipinski definition) is 2. The first-order valence-electron chi connectivity index (χ1n) is 5.93. The number of esters is 2. The Labute approximate surface area is 135 Å². The smallest absolute Gasteiger partial charge is 0.338 e. The SMILES string of the molecule is C=CCOC(=[OH+])CC(C)=[OH+].C=CCOC(=[OH+])CC(C)=[OH+].[Cu]. The van der Waals surface area contributed by atoms with Crippen LogP contribution in [0.2, 0.25) is 0 Å². The number of ketones is 2. The molecule has 0 atom stereocenters. The van der Waals surface area contributed by atoms with E-state index in [0.29, 0.717) is 0 Å². The van der Waals surface area contributed by atoms with Gasteiger partial charge in [0.1, 0.15) is 0 Å². The normalized spacial score (nSPS) is 8.10. The summed E-state index contributed by atoms with van der Waals surface area (Å²) >= 11 is 0. The van der Waals surface area contributed by atoms with Crippen LogP contribution >= 0.6 is 0 Å². The quantitative estimate of drug-likeness (QED) is 0.216. The molecule has 7 heteroatoms. The molecule has 0 aromatic heterocycles. The number of rotatable bonds is 8. The van der Waals surface area contributed by atoms with Crippen molar-refractivity contribution in [3.63, 3.8) is 0 Å². The van der Waals surface area contributed by atoms with Gasteiger partial charge in [-0.2, -0.15) is 0 Å². The zero-order chi connectivity index (χ0) is 16.0. The zero-order valence-corrected chi connectivity index (χ0v) is 13.2. The molecule has 0 saturated heterocycles. The molecule has 0 bridgehead atoms. The minimum absolute atomic E-state index is 0. The van der Waals surface area contributed by atoms with Crippen molar-refractivity contribution >= 4 is 23.5 Å². The Bertz CT molecular complexity index is 340. The molecule has 0 rings (SSSR count). The summed E-state index contributed by atoms with van der Waals surface area (Å²) in [7, 11) is 0. The molecule has 21 heavy (non-hydrogen) atoms. The topological polar surface area (TPSA) is 104 Å². The summed E-state index contributed by atoms with van der Waals surface area (Å²) in [5.74, 6) is -0.108. The molecule has 0 spiro atoms. The summed E-state index contributed by atoms with van der Waals surface area (Å²) in [6.45, 7) is 10.3. The van der Waals surface area contributed by atoms with E-state index in [9.17, 15) is 0 Å². The maximum absolute atomic E-state index is 8.82. The van der Waals surface area contributed by atoms with Crippen molar-refractivity contribution in [1.29, 1.82) is 0 Å². The van der Waals surface area contributed by atoms with Gasteiger partial charge in [0.05, 0.1) is 0 Å². The van der Waals surface area contributed by atoms with Gasteiger partial charge in [-0.1, -0.05) is 13.2 Å². The molecule has 0 aromatic rings. The molecule has 123 valence electrons. The summed E-state index contributed by atoms with van der Waals surface area (Å²) in [4.78, 5) is 34.9. The van der Waals surface area contributed by atoms with Gasteiger partial charge in [-0.15, -0.1) is 0 Å². The monoisotopic (exact) mass is 351 g/mol. The van der Waals surface area contributed by atoms with Crippen LogP contribution in [0.1, 0.15) is 26.7 Å². The van der Waals surface area contributed by atoms with E-state index < -0.39 is 0 Å². The van der Waals surface area contributed by atoms with Crippen molar-refractivity contribution in [3.8, 4) is 0 Å².